The summed E-state index contributed by atoms with van der Waals surface area (Å²) in [7, 11) is 3.16. The molecule has 152 valence electrons. The number of phenols is 1. The molecule has 0 aliphatic carbocycles. The molecule has 0 heterocycles. The van der Waals surface area contributed by atoms with Gasteiger partial charge in [-0.25, -0.2) is 4.79 Å². The van der Waals surface area contributed by atoms with E-state index in [2.05, 4.69) is 5.32 Å². The molecule has 0 saturated carbocycles. The van der Waals surface area contributed by atoms with Gasteiger partial charge in [0, 0.05) is 6.07 Å². The van der Waals surface area contributed by atoms with Crippen LogP contribution in [0.3, 0.4) is 0 Å². The number of carbonyl (C=O) groups excluding carboxylic acids is 1. The van der Waals surface area contributed by atoms with E-state index in [0.717, 1.165) is 11.1 Å². The van der Waals surface area contributed by atoms with Crippen LogP contribution in [-0.2, 0) is 4.74 Å². The van der Waals surface area contributed by atoms with Crippen molar-refractivity contribution < 1.29 is 28.8 Å². The van der Waals surface area contributed by atoms with Gasteiger partial charge in [-0.15, -0.1) is 0 Å². The van der Waals surface area contributed by atoms with E-state index in [1.54, 1.807) is 53.2 Å². The molecule has 7 heteroatoms. The Labute approximate surface area is 165 Å². The molecule has 1 amide bonds. The minimum atomic E-state index is -0.554. The van der Waals surface area contributed by atoms with Crippen molar-refractivity contribution in [1.29, 1.82) is 0 Å². The highest BCUT2D eigenvalue weighted by molar-refractivity contribution is 5.70. The summed E-state index contributed by atoms with van der Waals surface area (Å²) in [4.78, 5) is 11.6. The summed E-state index contributed by atoms with van der Waals surface area (Å²) in [5.74, 6) is 1.63. The quantitative estimate of drug-likeness (QED) is 0.697. The predicted molar refractivity (Wildman–Crippen MR) is 106 cm³/mol. The summed E-state index contributed by atoms with van der Waals surface area (Å²) < 4.78 is 21.2. The van der Waals surface area contributed by atoms with Crippen molar-refractivity contribution in [3.8, 4) is 34.1 Å². The second-order valence-electron chi connectivity index (χ2n) is 7.06. The Balaban J connectivity index is 1.98. The van der Waals surface area contributed by atoms with Crippen LogP contribution in [0.4, 0.5) is 4.79 Å². The van der Waals surface area contributed by atoms with Gasteiger partial charge in [-0.1, -0.05) is 6.07 Å². The molecule has 7 nitrogen and oxygen atoms in total. The lowest BCUT2D eigenvalue weighted by Gasteiger charge is -2.19. The number of nitrogens with one attached hydrogen (secondary N) is 1. The molecule has 0 unspecified atom stereocenters. The van der Waals surface area contributed by atoms with Gasteiger partial charge in [0.25, 0.3) is 0 Å². The summed E-state index contributed by atoms with van der Waals surface area (Å²) in [5, 5.41) is 12.9. The standard InChI is InChI=1S/C21H27NO6/c1-21(2,3)28-20(24)22-8-9-27-19-7-6-14(12-18(19)23)15-10-16(25-4)13-17(11-15)26-5/h6-7,10-13,23H,8-9H2,1-5H3,(H,22,24). The number of alkyl carbamates (subject to hydrolysis) is 1. The highest BCUT2D eigenvalue weighted by atomic mass is 16.6. The molecule has 2 aromatic rings. The lowest BCUT2D eigenvalue weighted by atomic mass is 10.0. The van der Waals surface area contributed by atoms with Crippen molar-refractivity contribution >= 4 is 6.09 Å². The third kappa shape index (κ3) is 6.26. The van der Waals surface area contributed by atoms with Crippen LogP contribution in [0.5, 0.6) is 23.0 Å². The number of phenolic OH excluding ortho intramolecular Hbond substituents is 1. The van der Waals surface area contributed by atoms with E-state index in [0.29, 0.717) is 17.2 Å². The molecular weight excluding hydrogens is 362 g/mol. The number of rotatable bonds is 7. The SMILES string of the molecule is COc1cc(OC)cc(-c2ccc(OCCNC(=O)OC(C)(C)C)c(O)c2)c1. The zero-order valence-corrected chi connectivity index (χ0v) is 16.9. The average molecular weight is 389 g/mol. The van der Waals surface area contributed by atoms with Gasteiger partial charge < -0.3 is 29.4 Å². The predicted octanol–water partition coefficient (Wildman–Crippen LogP) is 3.98. The van der Waals surface area contributed by atoms with Crippen molar-refractivity contribution in [1.82, 2.24) is 5.32 Å². The van der Waals surface area contributed by atoms with Crippen LogP contribution < -0.4 is 19.5 Å². The minimum absolute atomic E-state index is 0.00319. The molecule has 0 aliphatic rings. The fourth-order valence-electron chi connectivity index (χ4n) is 2.42. The smallest absolute Gasteiger partial charge is 0.407 e. The second kappa shape index (κ2) is 9.21. The monoisotopic (exact) mass is 389 g/mol. The number of ether oxygens (including phenoxy) is 4. The summed E-state index contributed by atoms with van der Waals surface area (Å²) >= 11 is 0. The largest absolute Gasteiger partial charge is 0.504 e. The number of methoxy groups -OCH3 is 2. The zero-order valence-electron chi connectivity index (χ0n) is 16.9. The molecule has 0 spiro atoms. The number of amides is 1. The highest BCUT2D eigenvalue weighted by Gasteiger charge is 2.15. The number of hydrogen-bond acceptors (Lipinski definition) is 6. The molecular formula is C21H27NO6. The summed E-state index contributed by atoms with van der Waals surface area (Å²) in [6.45, 7) is 5.82. The Morgan fingerprint density at radius 1 is 1.00 bits per heavy atom. The molecule has 2 rings (SSSR count). The van der Waals surface area contributed by atoms with Crippen LogP contribution in [0, 0.1) is 0 Å². The van der Waals surface area contributed by atoms with Crippen LogP contribution in [0.1, 0.15) is 20.8 Å². The first-order chi connectivity index (χ1) is 13.2. The van der Waals surface area contributed by atoms with Crippen molar-refractivity contribution in [3.63, 3.8) is 0 Å². The number of hydrogen-bond donors (Lipinski definition) is 2. The molecule has 0 atom stereocenters. The molecule has 0 radical (unpaired) electrons. The fraction of sp³-hybridized carbons (Fsp3) is 0.381. The van der Waals surface area contributed by atoms with Gasteiger partial charge in [0.2, 0.25) is 0 Å². The first kappa shape index (κ1) is 21.2. The molecule has 0 aromatic heterocycles. The van der Waals surface area contributed by atoms with Gasteiger partial charge in [0.05, 0.1) is 20.8 Å². The Hall–Kier alpha value is -3.09. The van der Waals surface area contributed by atoms with Gasteiger partial charge in [-0.3, -0.25) is 0 Å². The van der Waals surface area contributed by atoms with Crippen LogP contribution >= 0.6 is 0 Å². The summed E-state index contributed by atoms with van der Waals surface area (Å²) in [5.41, 5.74) is 1.07. The minimum Gasteiger partial charge on any atom is -0.504 e. The Morgan fingerprint density at radius 2 is 1.64 bits per heavy atom. The van der Waals surface area contributed by atoms with Crippen molar-refractivity contribution in [2.45, 2.75) is 26.4 Å². The average Bonchev–Trinajstić information content (AvgIpc) is 2.64. The molecule has 0 bridgehead atoms. The van der Waals surface area contributed by atoms with Crippen LogP contribution in [0.25, 0.3) is 11.1 Å². The molecule has 0 aliphatic heterocycles. The van der Waals surface area contributed by atoms with Gasteiger partial charge in [-0.2, -0.15) is 0 Å². The van der Waals surface area contributed by atoms with Crippen molar-refractivity contribution in [2.75, 3.05) is 27.4 Å². The number of aromatic hydroxyl groups is 1. The third-order valence-electron chi connectivity index (χ3n) is 3.67. The third-order valence-corrected chi connectivity index (χ3v) is 3.67. The van der Waals surface area contributed by atoms with Gasteiger partial charge in [0.1, 0.15) is 23.7 Å². The fourth-order valence-corrected chi connectivity index (χ4v) is 2.42. The van der Waals surface area contributed by atoms with Crippen molar-refractivity contribution in [2.24, 2.45) is 0 Å². The van der Waals surface area contributed by atoms with E-state index in [9.17, 15) is 9.90 Å². The summed E-state index contributed by atoms with van der Waals surface area (Å²) in [6.07, 6.45) is -0.511. The number of benzene rings is 2. The van der Waals surface area contributed by atoms with Crippen LogP contribution in [0.15, 0.2) is 36.4 Å². The Morgan fingerprint density at radius 3 is 2.18 bits per heavy atom. The van der Waals surface area contributed by atoms with E-state index in [4.69, 9.17) is 18.9 Å². The molecule has 2 N–H and O–H groups in total. The Kier molecular flexibility index (Phi) is 6.98. The maximum absolute atomic E-state index is 11.6. The van der Waals surface area contributed by atoms with E-state index >= 15 is 0 Å². The second-order valence-corrected chi connectivity index (χ2v) is 7.06. The van der Waals surface area contributed by atoms with E-state index in [-0.39, 0.29) is 18.9 Å². The Bertz CT molecular complexity index is 791. The molecule has 28 heavy (non-hydrogen) atoms. The van der Waals surface area contributed by atoms with E-state index < -0.39 is 11.7 Å². The van der Waals surface area contributed by atoms with Crippen LogP contribution in [-0.4, -0.2) is 44.2 Å². The van der Waals surface area contributed by atoms with Crippen LogP contribution in [0.2, 0.25) is 0 Å². The zero-order chi connectivity index (χ0) is 20.7. The molecule has 2 aromatic carbocycles. The van der Waals surface area contributed by atoms with Crippen molar-refractivity contribution in [3.05, 3.63) is 36.4 Å². The van der Waals surface area contributed by atoms with Gasteiger partial charge in [0.15, 0.2) is 11.5 Å². The van der Waals surface area contributed by atoms with Gasteiger partial charge >= 0.3 is 6.09 Å². The van der Waals surface area contributed by atoms with E-state index in [1.165, 1.54) is 0 Å². The summed E-state index contributed by atoms with van der Waals surface area (Å²) in [6, 6.07) is 10.6. The molecule has 0 fully saturated rings. The van der Waals surface area contributed by atoms with E-state index in [1.807, 2.05) is 18.2 Å². The van der Waals surface area contributed by atoms with Gasteiger partial charge in [-0.05, 0) is 56.2 Å². The lowest BCUT2D eigenvalue weighted by molar-refractivity contribution is 0.0520. The highest BCUT2D eigenvalue weighted by Crippen LogP contribution is 2.35. The first-order valence-corrected chi connectivity index (χ1v) is 8.88. The first-order valence-electron chi connectivity index (χ1n) is 8.88. The maximum atomic E-state index is 11.6. The maximum Gasteiger partial charge on any atom is 0.407 e. The lowest BCUT2D eigenvalue weighted by Crippen LogP contribution is -2.34. The normalized spacial score (nSPS) is 10.9. The molecule has 0 saturated heterocycles. The topological polar surface area (TPSA) is 86.2 Å². The number of carbonyl (C=O) groups is 1.